The molecule has 0 radical (unpaired) electrons. The number of imide groups is 2. The lowest BCUT2D eigenvalue weighted by Gasteiger charge is -2.51. The van der Waals surface area contributed by atoms with E-state index in [-0.39, 0.29) is 46.8 Å². The van der Waals surface area contributed by atoms with Gasteiger partial charge in [-0.05, 0) is 66.8 Å². The molecule has 0 spiro atoms. The number of anilines is 2. The molecule has 52 heavy (non-hydrogen) atoms. The molecule has 2 saturated heterocycles. The number of rotatable bonds is 6. The summed E-state index contributed by atoms with van der Waals surface area (Å²) in [6.45, 7) is 0. The number of phenolic OH excluding ortho intramolecular Hbond substituents is 1. The van der Waals surface area contributed by atoms with Crippen LogP contribution in [-0.2, 0) is 24.6 Å². The van der Waals surface area contributed by atoms with Crippen LogP contribution in [0.4, 0.5) is 11.4 Å². The molecular weight excluding hydrogens is 688 g/mol. The molecule has 12 heteroatoms. The Morgan fingerprint density at radius 1 is 0.808 bits per heavy atom. The third-order valence-corrected chi connectivity index (χ3v) is 11.4. The quantitative estimate of drug-likeness (QED) is 0.165. The van der Waals surface area contributed by atoms with Crippen molar-refractivity contribution in [2.45, 2.75) is 24.2 Å². The third-order valence-electron chi connectivity index (χ3n) is 11.2. The molecular formula is C40H31ClN2O9. The first-order chi connectivity index (χ1) is 25.0. The number of methoxy groups -OCH3 is 1. The van der Waals surface area contributed by atoms with Crippen molar-refractivity contribution in [3.8, 4) is 17.2 Å². The summed E-state index contributed by atoms with van der Waals surface area (Å²) in [5, 5.41) is 31.8. The van der Waals surface area contributed by atoms with E-state index in [1.165, 1.54) is 25.3 Å². The summed E-state index contributed by atoms with van der Waals surface area (Å²) in [4.78, 5) is 72.5. The molecule has 0 bridgehead atoms. The van der Waals surface area contributed by atoms with Crippen LogP contribution in [-0.4, -0.2) is 52.0 Å². The molecule has 4 aromatic carbocycles. The summed E-state index contributed by atoms with van der Waals surface area (Å²) >= 11 is 6.37. The van der Waals surface area contributed by atoms with Crippen molar-refractivity contribution in [2.24, 2.45) is 23.7 Å². The highest BCUT2D eigenvalue weighted by Crippen LogP contribution is 2.66. The zero-order valence-electron chi connectivity index (χ0n) is 27.6. The summed E-state index contributed by atoms with van der Waals surface area (Å²) in [6, 6.07) is 23.6. The van der Waals surface area contributed by atoms with Gasteiger partial charge >= 0.3 is 5.97 Å². The number of carbonyl (C=O) groups excluding carboxylic acids is 4. The van der Waals surface area contributed by atoms with Crippen LogP contribution in [0.1, 0.15) is 40.2 Å². The van der Waals surface area contributed by atoms with Gasteiger partial charge in [-0.2, -0.15) is 0 Å². The lowest BCUT2D eigenvalue weighted by molar-refractivity contribution is -0.127. The van der Waals surface area contributed by atoms with Gasteiger partial charge in [-0.1, -0.05) is 65.7 Å². The maximum atomic E-state index is 15.4. The molecule has 8 rings (SSSR count). The van der Waals surface area contributed by atoms with E-state index in [9.17, 15) is 34.5 Å². The molecule has 4 amide bonds. The van der Waals surface area contributed by atoms with Crippen molar-refractivity contribution < 1.29 is 44.0 Å². The van der Waals surface area contributed by atoms with Gasteiger partial charge in [0.25, 0.3) is 0 Å². The Kier molecular flexibility index (Phi) is 7.72. The number of phenols is 2. The van der Waals surface area contributed by atoms with E-state index in [2.05, 4.69) is 0 Å². The fourth-order valence-electron chi connectivity index (χ4n) is 9.15. The van der Waals surface area contributed by atoms with Crippen LogP contribution in [0.3, 0.4) is 0 Å². The van der Waals surface area contributed by atoms with Gasteiger partial charge in [0.15, 0.2) is 0 Å². The lowest BCUT2D eigenvalue weighted by Crippen LogP contribution is -2.53. The number of carbonyl (C=O) groups is 5. The Morgan fingerprint density at radius 2 is 1.54 bits per heavy atom. The van der Waals surface area contributed by atoms with Crippen molar-refractivity contribution in [2.75, 3.05) is 16.9 Å². The van der Waals surface area contributed by atoms with E-state index in [1.807, 2.05) is 6.08 Å². The average Bonchev–Trinajstić information content (AvgIpc) is 3.52. The van der Waals surface area contributed by atoms with Crippen molar-refractivity contribution >= 4 is 52.6 Å². The molecule has 4 aliphatic rings. The van der Waals surface area contributed by atoms with Crippen molar-refractivity contribution in [1.29, 1.82) is 0 Å². The van der Waals surface area contributed by atoms with E-state index in [1.54, 1.807) is 60.7 Å². The number of carboxylic acid groups (broad SMARTS) is 1. The minimum absolute atomic E-state index is 0.0149. The molecule has 4 aromatic rings. The van der Waals surface area contributed by atoms with Crippen LogP contribution in [0.15, 0.2) is 103 Å². The second-order valence-corrected chi connectivity index (χ2v) is 13.9. The standard InChI is InChI=1S/C40H31ClN2O9/c1-52-31-12-6-11-29(44)33(31)34-24-15-16-26-32(37(48)42(35(26)46)23-13-14-25(38(49)50)30(45)18-23)27(24)19-28-36(47)43(22-10-5-9-21(41)17-22)39(51)40(28,34)20-7-3-2-4-8-20/h2-15,17-18,26-28,32,34,44-45H,16,19H2,1H3,(H,49,50)/t26-,27+,28-,32-,34+,40+/m0/s1. The molecule has 0 unspecified atom stereocenters. The number of ether oxygens (including phenoxy) is 1. The molecule has 2 aliphatic heterocycles. The molecule has 6 atom stereocenters. The van der Waals surface area contributed by atoms with Crippen LogP contribution in [0, 0.1) is 23.7 Å². The summed E-state index contributed by atoms with van der Waals surface area (Å²) < 4.78 is 5.81. The zero-order chi connectivity index (χ0) is 36.6. The summed E-state index contributed by atoms with van der Waals surface area (Å²) in [5.74, 6) is -8.65. The van der Waals surface area contributed by atoms with Gasteiger partial charge in [0.05, 0.1) is 41.7 Å². The number of carboxylic acids is 1. The number of hydrogen-bond acceptors (Lipinski definition) is 8. The van der Waals surface area contributed by atoms with Crippen LogP contribution in [0.2, 0.25) is 5.02 Å². The first kappa shape index (κ1) is 33.2. The van der Waals surface area contributed by atoms with Crippen LogP contribution >= 0.6 is 11.6 Å². The highest BCUT2D eigenvalue weighted by Gasteiger charge is 2.71. The number of amides is 4. The minimum atomic E-state index is -1.62. The maximum Gasteiger partial charge on any atom is 0.339 e. The molecule has 0 aromatic heterocycles. The van der Waals surface area contributed by atoms with E-state index in [0.29, 0.717) is 16.2 Å². The number of aromatic hydroxyl groups is 2. The van der Waals surface area contributed by atoms with E-state index < -0.39 is 70.4 Å². The average molecular weight is 719 g/mol. The number of benzene rings is 4. The molecule has 262 valence electrons. The van der Waals surface area contributed by atoms with E-state index >= 15 is 4.79 Å². The maximum absolute atomic E-state index is 15.4. The van der Waals surface area contributed by atoms with Gasteiger partial charge in [-0.3, -0.25) is 19.2 Å². The molecule has 3 N–H and O–H groups in total. The van der Waals surface area contributed by atoms with Crippen molar-refractivity contribution in [3.63, 3.8) is 0 Å². The zero-order valence-corrected chi connectivity index (χ0v) is 28.4. The number of halogens is 1. The fourth-order valence-corrected chi connectivity index (χ4v) is 9.34. The molecule has 11 nitrogen and oxygen atoms in total. The smallest absolute Gasteiger partial charge is 0.339 e. The van der Waals surface area contributed by atoms with Crippen LogP contribution in [0.25, 0.3) is 0 Å². The molecule has 1 saturated carbocycles. The largest absolute Gasteiger partial charge is 0.508 e. The molecule has 2 heterocycles. The van der Waals surface area contributed by atoms with Gasteiger partial charge < -0.3 is 20.1 Å². The number of aromatic carboxylic acids is 1. The third kappa shape index (κ3) is 4.55. The monoisotopic (exact) mass is 718 g/mol. The van der Waals surface area contributed by atoms with Crippen LogP contribution < -0.4 is 14.5 Å². The Hall–Kier alpha value is -5.94. The minimum Gasteiger partial charge on any atom is -0.508 e. The second-order valence-electron chi connectivity index (χ2n) is 13.5. The van der Waals surface area contributed by atoms with E-state index in [4.69, 9.17) is 16.3 Å². The van der Waals surface area contributed by atoms with Gasteiger partial charge in [0, 0.05) is 22.6 Å². The van der Waals surface area contributed by atoms with Gasteiger partial charge in [0.2, 0.25) is 23.6 Å². The summed E-state index contributed by atoms with van der Waals surface area (Å²) in [6.07, 6.45) is 1.98. The molecule has 3 fully saturated rings. The highest BCUT2D eigenvalue weighted by atomic mass is 35.5. The van der Waals surface area contributed by atoms with Crippen LogP contribution in [0.5, 0.6) is 17.2 Å². The van der Waals surface area contributed by atoms with E-state index in [0.717, 1.165) is 21.9 Å². The summed E-state index contributed by atoms with van der Waals surface area (Å²) in [5.41, 5.74) is -0.307. The fraction of sp³-hybridized carbons (Fsp3) is 0.225. The molecule has 2 aliphatic carbocycles. The van der Waals surface area contributed by atoms with Crippen molar-refractivity contribution in [1.82, 2.24) is 0 Å². The van der Waals surface area contributed by atoms with Gasteiger partial charge in [0.1, 0.15) is 22.8 Å². The lowest BCUT2D eigenvalue weighted by atomic mass is 9.49. The number of nitrogens with zero attached hydrogens (tertiary/aromatic N) is 2. The van der Waals surface area contributed by atoms with Crippen molar-refractivity contribution in [3.05, 3.63) is 124 Å². The number of allylic oxidation sites excluding steroid dienone is 2. The number of fused-ring (bicyclic) bond motifs is 4. The predicted molar refractivity (Wildman–Crippen MR) is 188 cm³/mol. The first-order valence-electron chi connectivity index (χ1n) is 16.7. The highest BCUT2D eigenvalue weighted by molar-refractivity contribution is 6.32. The number of hydrogen-bond donors (Lipinski definition) is 3. The second kappa shape index (κ2) is 12.1. The predicted octanol–water partition coefficient (Wildman–Crippen LogP) is 5.83. The Bertz CT molecular complexity index is 2250. The Labute approximate surface area is 302 Å². The first-order valence-corrected chi connectivity index (χ1v) is 17.1. The van der Waals surface area contributed by atoms with Gasteiger partial charge in [-0.25, -0.2) is 14.6 Å². The normalized spacial score (nSPS) is 26.5. The van der Waals surface area contributed by atoms with Gasteiger partial charge in [-0.15, -0.1) is 0 Å². The Balaban J connectivity index is 1.35. The topological polar surface area (TPSA) is 162 Å². The SMILES string of the molecule is COc1cccc(O)c1[C@H]1C2=CC[C@@H]3C(=O)N(c4ccc(C(=O)O)c(O)c4)C(=O)[C@@H]3[C@@H]2C[C@H]2C(=O)N(c3cccc(Cl)c3)C(=O)[C@@]12c1ccccc1. The Morgan fingerprint density at radius 3 is 2.23 bits per heavy atom. The summed E-state index contributed by atoms with van der Waals surface area (Å²) in [7, 11) is 1.44.